The number of nitrogens with one attached hydrogen (secondary N) is 3. The Kier molecular flexibility index (Phi) is 6.30. The molecule has 0 saturated heterocycles. The predicted octanol–water partition coefficient (Wildman–Crippen LogP) is 2.53. The number of rotatable bonds is 6. The van der Waals surface area contributed by atoms with Crippen LogP contribution in [0.2, 0.25) is 0 Å². The van der Waals surface area contributed by atoms with Crippen molar-refractivity contribution in [3.8, 4) is 0 Å². The van der Waals surface area contributed by atoms with Crippen LogP contribution in [0.3, 0.4) is 0 Å². The largest absolute Gasteiger partial charge is 0.467 e. The summed E-state index contributed by atoms with van der Waals surface area (Å²) in [6, 6.07) is 11.8. The average Bonchev–Trinajstić information content (AvgIpc) is 3.29. The molecule has 1 aliphatic heterocycles. The van der Waals surface area contributed by atoms with E-state index in [1.54, 1.807) is 6.26 Å². The van der Waals surface area contributed by atoms with Crippen molar-refractivity contribution in [1.82, 2.24) is 16.0 Å². The Morgan fingerprint density at radius 3 is 2.52 bits per heavy atom. The van der Waals surface area contributed by atoms with E-state index in [1.807, 2.05) is 24.3 Å². The van der Waals surface area contributed by atoms with Crippen molar-refractivity contribution in [2.75, 3.05) is 6.54 Å². The maximum atomic E-state index is 12.6. The van der Waals surface area contributed by atoms with Crippen LogP contribution in [0, 0.1) is 11.8 Å². The molecule has 2 aromatic rings. The van der Waals surface area contributed by atoms with E-state index < -0.39 is 0 Å². The van der Waals surface area contributed by atoms with E-state index in [1.165, 1.54) is 11.1 Å². The van der Waals surface area contributed by atoms with Gasteiger partial charge in [-0.05, 0) is 61.3 Å². The Morgan fingerprint density at radius 1 is 0.966 bits per heavy atom. The van der Waals surface area contributed by atoms with Crippen LogP contribution in [0.5, 0.6) is 0 Å². The summed E-state index contributed by atoms with van der Waals surface area (Å²) in [5.74, 6) is 1.47. The van der Waals surface area contributed by atoms with Gasteiger partial charge in [-0.3, -0.25) is 9.59 Å². The molecule has 1 saturated carbocycles. The number of carbonyl (C=O) groups is 2. The molecule has 6 heteroatoms. The van der Waals surface area contributed by atoms with Crippen molar-refractivity contribution < 1.29 is 14.0 Å². The van der Waals surface area contributed by atoms with Gasteiger partial charge in [0.2, 0.25) is 11.8 Å². The fraction of sp³-hybridized carbons (Fsp3) is 0.478. The van der Waals surface area contributed by atoms with Crippen molar-refractivity contribution in [2.24, 2.45) is 11.8 Å². The SMILES string of the molecule is O=C(NCc1ccco1)C1CCC(CNC(=O)[C@@H]2Cc3ccccc3CN2)CC1. The van der Waals surface area contributed by atoms with E-state index >= 15 is 0 Å². The van der Waals surface area contributed by atoms with E-state index in [2.05, 4.69) is 28.1 Å². The van der Waals surface area contributed by atoms with Crippen LogP contribution in [0.25, 0.3) is 0 Å². The van der Waals surface area contributed by atoms with E-state index in [0.717, 1.165) is 44.4 Å². The zero-order chi connectivity index (χ0) is 20.1. The molecule has 2 aliphatic rings. The van der Waals surface area contributed by atoms with Gasteiger partial charge in [-0.1, -0.05) is 24.3 Å². The zero-order valence-electron chi connectivity index (χ0n) is 16.7. The van der Waals surface area contributed by atoms with Crippen LogP contribution >= 0.6 is 0 Å². The van der Waals surface area contributed by atoms with Gasteiger partial charge in [-0.2, -0.15) is 0 Å². The van der Waals surface area contributed by atoms with Crippen molar-refractivity contribution in [1.29, 1.82) is 0 Å². The first-order valence-electron chi connectivity index (χ1n) is 10.6. The summed E-state index contributed by atoms with van der Waals surface area (Å²) in [7, 11) is 0. The van der Waals surface area contributed by atoms with E-state index in [-0.39, 0.29) is 23.8 Å². The van der Waals surface area contributed by atoms with Crippen LogP contribution in [-0.2, 0) is 29.1 Å². The molecule has 1 fully saturated rings. The van der Waals surface area contributed by atoms with Gasteiger partial charge < -0.3 is 20.4 Å². The summed E-state index contributed by atoms with van der Waals surface area (Å²) < 4.78 is 5.25. The minimum Gasteiger partial charge on any atom is -0.467 e. The quantitative estimate of drug-likeness (QED) is 0.702. The lowest BCUT2D eigenvalue weighted by atomic mass is 9.81. The first kappa shape index (κ1) is 19.7. The van der Waals surface area contributed by atoms with Crippen LogP contribution in [0.1, 0.15) is 42.6 Å². The van der Waals surface area contributed by atoms with Gasteiger partial charge in [0, 0.05) is 19.0 Å². The smallest absolute Gasteiger partial charge is 0.237 e. The molecular weight excluding hydrogens is 366 g/mol. The molecule has 2 amide bonds. The third kappa shape index (κ3) is 5.07. The maximum absolute atomic E-state index is 12.6. The van der Waals surface area contributed by atoms with Gasteiger partial charge in [-0.25, -0.2) is 0 Å². The summed E-state index contributed by atoms with van der Waals surface area (Å²) in [6.07, 6.45) is 6.05. The van der Waals surface area contributed by atoms with Crippen molar-refractivity contribution >= 4 is 11.8 Å². The molecule has 1 aliphatic carbocycles. The molecule has 2 heterocycles. The van der Waals surface area contributed by atoms with Crippen LogP contribution in [-0.4, -0.2) is 24.4 Å². The highest BCUT2D eigenvalue weighted by Gasteiger charge is 2.28. The standard InChI is InChI=1S/C23H29N3O3/c27-22(26-15-20-6-3-11-29-20)17-9-7-16(8-10-17)13-25-23(28)21-12-18-4-1-2-5-19(18)14-24-21/h1-6,11,16-17,21,24H,7-10,12-15H2,(H,25,28)(H,26,27)/t16?,17?,21-/m0/s1. The monoisotopic (exact) mass is 395 g/mol. The van der Waals surface area contributed by atoms with Gasteiger partial charge in [0.15, 0.2) is 0 Å². The maximum Gasteiger partial charge on any atom is 0.237 e. The number of amides is 2. The lowest BCUT2D eigenvalue weighted by Crippen LogP contribution is -2.48. The number of carbonyl (C=O) groups excluding carboxylic acids is 2. The number of hydrogen-bond donors (Lipinski definition) is 3. The summed E-state index contributed by atoms with van der Waals surface area (Å²) >= 11 is 0. The van der Waals surface area contributed by atoms with Gasteiger partial charge in [-0.15, -0.1) is 0 Å². The number of hydrogen-bond acceptors (Lipinski definition) is 4. The van der Waals surface area contributed by atoms with E-state index in [0.29, 0.717) is 19.0 Å². The molecule has 29 heavy (non-hydrogen) atoms. The second-order valence-electron chi connectivity index (χ2n) is 8.17. The van der Waals surface area contributed by atoms with Crippen molar-refractivity contribution in [3.05, 3.63) is 59.5 Å². The molecule has 0 radical (unpaired) electrons. The summed E-state index contributed by atoms with van der Waals surface area (Å²) in [5, 5.41) is 9.42. The molecule has 4 rings (SSSR count). The molecule has 0 unspecified atom stereocenters. The molecule has 1 aromatic carbocycles. The second-order valence-corrected chi connectivity index (χ2v) is 8.17. The summed E-state index contributed by atoms with van der Waals surface area (Å²) in [5.41, 5.74) is 2.53. The molecule has 3 N–H and O–H groups in total. The van der Waals surface area contributed by atoms with Crippen LogP contribution in [0.15, 0.2) is 47.1 Å². The van der Waals surface area contributed by atoms with Crippen molar-refractivity contribution in [2.45, 2.75) is 51.2 Å². The minimum atomic E-state index is -0.159. The highest BCUT2D eigenvalue weighted by molar-refractivity contribution is 5.82. The van der Waals surface area contributed by atoms with Crippen molar-refractivity contribution in [3.63, 3.8) is 0 Å². The summed E-state index contributed by atoms with van der Waals surface area (Å²) in [4.78, 5) is 24.9. The Balaban J connectivity index is 1.16. The number of furan rings is 1. The van der Waals surface area contributed by atoms with Crippen LogP contribution < -0.4 is 16.0 Å². The number of benzene rings is 1. The van der Waals surface area contributed by atoms with Gasteiger partial charge in [0.1, 0.15) is 5.76 Å². The van der Waals surface area contributed by atoms with E-state index in [4.69, 9.17) is 4.42 Å². The first-order chi connectivity index (χ1) is 14.2. The van der Waals surface area contributed by atoms with Gasteiger partial charge in [0.05, 0.1) is 18.8 Å². The Morgan fingerprint density at radius 2 is 1.76 bits per heavy atom. The molecule has 1 atom stereocenters. The fourth-order valence-electron chi connectivity index (χ4n) is 4.37. The second kappa shape index (κ2) is 9.27. The molecule has 0 spiro atoms. The summed E-state index contributed by atoms with van der Waals surface area (Å²) in [6.45, 7) is 1.88. The Bertz CT molecular complexity index is 826. The first-order valence-corrected chi connectivity index (χ1v) is 10.6. The third-order valence-corrected chi connectivity index (χ3v) is 6.20. The van der Waals surface area contributed by atoms with E-state index in [9.17, 15) is 9.59 Å². The fourth-order valence-corrected chi connectivity index (χ4v) is 4.37. The average molecular weight is 396 g/mol. The normalized spacial score (nSPS) is 23.8. The lowest BCUT2D eigenvalue weighted by molar-refractivity contribution is -0.127. The lowest BCUT2D eigenvalue weighted by Gasteiger charge is -2.29. The van der Waals surface area contributed by atoms with Crippen LogP contribution in [0.4, 0.5) is 0 Å². The molecule has 1 aromatic heterocycles. The van der Waals surface area contributed by atoms with Gasteiger partial charge >= 0.3 is 0 Å². The minimum absolute atomic E-state index is 0.0634. The molecule has 154 valence electrons. The molecular formula is C23H29N3O3. The zero-order valence-corrected chi connectivity index (χ0v) is 16.7. The third-order valence-electron chi connectivity index (χ3n) is 6.20. The topological polar surface area (TPSA) is 83.4 Å². The highest BCUT2D eigenvalue weighted by Crippen LogP contribution is 2.28. The van der Waals surface area contributed by atoms with Gasteiger partial charge in [0.25, 0.3) is 0 Å². The highest BCUT2D eigenvalue weighted by atomic mass is 16.3. The predicted molar refractivity (Wildman–Crippen MR) is 110 cm³/mol. The Labute approximate surface area is 171 Å². The molecule has 6 nitrogen and oxygen atoms in total. The Hall–Kier alpha value is -2.60. The molecule has 0 bridgehead atoms. The number of fused-ring (bicyclic) bond motifs is 1.